The van der Waals surface area contributed by atoms with Crippen LogP contribution in [0, 0.1) is 0 Å². The summed E-state index contributed by atoms with van der Waals surface area (Å²) in [5.74, 6) is -2.42. The van der Waals surface area contributed by atoms with Crippen LogP contribution in [0.1, 0.15) is 27.9 Å². The molecular formula is C28H24F3N5O5. The van der Waals surface area contributed by atoms with E-state index < -0.39 is 35.5 Å². The standard InChI is InChI=1S/C28H24F3N5O5/c29-28(30,31)24-23(41-26(34-24)17-5-2-1-3-6-17)25(39)33-19-9-10-21(32-16-19)35-11-13-36(14-12-35)27(40)22(38)18-7-4-8-20(37)15-18/h1-10,15-16,22,37-38H,11-14H2,(H,33,39). The van der Waals surface area contributed by atoms with E-state index in [1.165, 1.54) is 41.4 Å². The maximum absolute atomic E-state index is 13.6. The van der Waals surface area contributed by atoms with Gasteiger partial charge in [0.05, 0.1) is 11.9 Å². The molecule has 0 bridgehead atoms. The van der Waals surface area contributed by atoms with E-state index in [4.69, 9.17) is 4.42 Å². The number of aromatic nitrogens is 2. The quantitative estimate of drug-likeness (QED) is 0.318. The second-order valence-corrected chi connectivity index (χ2v) is 9.23. The highest BCUT2D eigenvalue weighted by atomic mass is 19.4. The molecule has 2 aromatic carbocycles. The van der Waals surface area contributed by atoms with Gasteiger partial charge in [-0.15, -0.1) is 0 Å². The molecule has 3 heterocycles. The Balaban J connectivity index is 1.22. The van der Waals surface area contributed by atoms with Crippen molar-refractivity contribution in [3.63, 3.8) is 0 Å². The number of pyridine rings is 1. The van der Waals surface area contributed by atoms with Crippen molar-refractivity contribution in [1.82, 2.24) is 14.9 Å². The van der Waals surface area contributed by atoms with Crippen LogP contribution in [0.5, 0.6) is 5.75 Å². The van der Waals surface area contributed by atoms with E-state index in [0.717, 1.165) is 0 Å². The molecular weight excluding hydrogens is 543 g/mol. The van der Waals surface area contributed by atoms with Crippen LogP contribution in [0.15, 0.2) is 77.3 Å². The number of aliphatic hydroxyl groups excluding tert-OH is 1. The molecule has 5 rings (SSSR count). The molecule has 0 spiro atoms. The van der Waals surface area contributed by atoms with Gasteiger partial charge in [0.1, 0.15) is 11.6 Å². The fraction of sp³-hybridized carbons (Fsp3) is 0.214. The summed E-state index contributed by atoms with van der Waals surface area (Å²) in [7, 11) is 0. The lowest BCUT2D eigenvalue weighted by Gasteiger charge is -2.36. The van der Waals surface area contributed by atoms with Gasteiger partial charge in [-0.05, 0) is 42.0 Å². The van der Waals surface area contributed by atoms with Crippen molar-refractivity contribution < 1.29 is 37.4 Å². The number of phenols is 1. The minimum Gasteiger partial charge on any atom is -0.508 e. The molecule has 212 valence electrons. The Labute approximate surface area is 231 Å². The van der Waals surface area contributed by atoms with Crippen LogP contribution < -0.4 is 10.2 Å². The maximum Gasteiger partial charge on any atom is 0.437 e. The van der Waals surface area contributed by atoms with Crippen molar-refractivity contribution in [2.45, 2.75) is 12.3 Å². The molecule has 13 heteroatoms. The number of hydrogen-bond donors (Lipinski definition) is 3. The summed E-state index contributed by atoms with van der Waals surface area (Å²) in [5.41, 5.74) is -0.702. The number of nitrogens with zero attached hydrogens (tertiary/aromatic N) is 4. The second kappa shape index (κ2) is 11.3. The number of alkyl halides is 3. The summed E-state index contributed by atoms with van der Waals surface area (Å²) in [6.45, 7) is 1.44. The first-order chi connectivity index (χ1) is 19.6. The van der Waals surface area contributed by atoms with Gasteiger partial charge in [0.25, 0.3) is 11.8 Å². The number of phenolic OH excluding ortho intramolecular Hbond substituents is 1. The SMILES string of the molecule is O=C(Nc1ccc(N2CCN(C(=O)C(O)c3cccc(O)c3)CC2)nc1)c1oc(-c2ccccc2)nc1C(F)(F)F. The number of amides is 2. The minimum atomic E-state index is -4.91. The van der Waals surface area contributed by atoms with Crippen LogP contribution in [-0.2, 0) is 11.0 Å². The fourth-order valence-corrected chi connectivity index (χ4v) is 4.37. The van der Waals surface area contributed by atoms with Crippen LogP contribution in [0.2, 0.25) is 0 Å². The molecule has 2 aromatic heterocycles. The Morgan fingerprint density at radius 2 is 1.71 bits per heavy atom. The number of aromatic hydroxyl groups is 1. The van der Waals surface area contributed by atoms with Crippen molar-refractivity contribution in [2.24, 2.45) is 0 Å². The zero-order valence-corrected chi connectivity index (χ0v) is 21.4. The Hall–Kier alpha value is -4.91. The Kier molecular flexibility index (Phi) is 7.62. The van der Waals surface area contributed by atoms with Gasteiger partial charge in [0.2, 0.25) is 11.7 Å². The number of piperazine rings is 1. The number of carbonyl (C=O) groups is 2. The van der Waals surface area contributed by atoms with Crippen LogP contribution in [0.3, 0.4) is 0 Å². The molecule has 2 amide bonds. The second-order valence-electron chi connectivity index (χ2n) is 9.23. The van der Waals surface area contributed by atoms with Gasteiger partial charge in [0.15, 0.2) is 11.8 Å². The van der Waals surface area contributed by atoms with Gasteiger partial charge in [-0.25, -0.2) is 9.97 Å². The Morgan fingerprint density at radius 3 is 2.34 bits per heavy atom. The molecule has 3 N–H and O–H groups in total. The van der Waals surface area contributed by atoms with E-state index in [9.17, 15) is 33.0 Å². The van der Waals surface area contributed by atoms with Crippen molar-refractivity contribution in [1.29, 1.82) is 0 Å². The molecule has 1 unspecified atom stereocenters. The normalized spacial score (nSPS) is 14.5. The van der Waals surface area contributed by atoms with Gasteiger partial charge in [-0.2, -0.15) is 13.2 Å². The van der Waals surface area contributed by atoms with E-state index in [1.807, 2.05) is 4.90 Å². The molecule has 1 aliphatic heterocycles. The molecule has 1 saturated heterocycles. The first-order valence-electron chi connectivity index (χ1n) is 12.5. The lowest BCUT2D eigenvalue weighted by atomic mass is 10.1. The molecule has 0 saturated carbocycles. The average molecular weight is 568 g/mol. The minimum absolute atomic E-state index is 0.0524. The monoisotopic (exact) mass is 567 g/mol. The van der Waals surface area contributed by atoms with E-state index >= 15 is 0 Å². The lowest BCUT2D eigenvalue weighted by Crippen LogP contribution is -2.50. The van der Waals surface area contributed by atoms with E-state index in [2.05, 4.69) is 15.3 Å². The summed E-state index contributed by atoms with van der Waals surface area (Å²) < 4.78 is 46.0. The first-order valence-corrected chi connectivity index (χ1v) is 12.5. The fourth-order valence-electron chi connectivity index (χ4n) is 4.37. The highest BCUT2D eigenvalue weighted by Gasteiger charge is 2.41. The third kappa shape index (κ3) is 6.14. The number of carbonyl (C=O) groups excluding carboxylic acids is 2. The number of benzene rings is 2. The molecule has 1 atom stereocenters. The molecule has 4 aromatic rings. The number of halogens is 3. The van der Waals surface area contributed by atoms with Gasteiger partial charge in [-0.3, -0.25) is 9.59 Å². The summed E-state index contributed by atoms with van der Waals surface area (Å²) in [4.78, 5) is 36.7. The molecule has 0 aliphatic carbocycles. The first kappa shape index (κ1) is 27.6. The Bertz CT molecular complexity index is 1530. The van der Waals surface area contributed by atoms with Crippen LogP contribution >= 0.6 is 0 Å². The van der Waals surface area contributed by atoms with Gasteiger partial charge < -0.3 is 29.7 Å². The van der Waals surface area contributed by atoms with Crippen LogP contribution in [0.25, 0.3) is 11.5 Å². The Morgan fingerprint density at radius 1 is 0.976 bits per heavy atom. The average Bonchev–Trinajstić information content (AvgIpc) is 3.44. The van der Waals surface area contributed by atoms with E-state index in [0.29, 0.717) is 43.1 Å². The van der Waals surface area contributed by atoms with Crippen molar-refractivity contribution in [2.75, 3.05) is 36.4 Å². The van der Waals surface area contributed by atoms with E-state index in [1.54, 1.807) is 36.4 Å². The number of rotatable bonds is 6. The third-order valence-corrected chi connectivity index (χ3v) is 6.46. The zero-order chi connectivity index (χ0) is 29.1. The highest BCUT2D eigenvalue weighted by Crippen LogP contribution is 2.35. The summed E-state index contributed by atoms with van der Waals surface area (Å²) in [6, 6.07) is 16.9. The number of aliphatic hydroxyl groups is 1. The number of oxazole rings is 1. The maximum atomic E-state index is 13.6. The molecule has 10 nitrogen and oxygen atoms in total. The number of hydrogen-bond acceptors (Lipinski definition) is 8. The molecule has 1 fully saturated rings. The summed E-state index contributed by atoms with van der Waals surface area (Å²) in [6.07, 6.45) is -5.01. The van der Waals surface area contributed by atoms with E-state index in [-0.39, 0.29) is 17.3 Å². The smallest absolute Gasteiger partial charge is 0.437 e. The number of nitrogens with one attached hydrogen (secondary N) is 1. The van der Waals surface area contributed by atoms with Gasteiger partial charge >= 0.3 is 6.18 Å². The van der Waals surface area contributed by atoms with Crippen LogP contribution in [0.4, 0.5) is 24.7 Å². The van der Waals surface area contributed by atoms with Crippen molar-refractivity contribution >= 4 is 23.3 Å². The topological polar surface area (TPSA) is 132 Å². The summed E-state index contributed by atoms with van der Waals surface area (Å²) >= 11 is 0. The largest absolute Gasteiger partial charge is 0.508 e. The molecule has 41 heavy (non-hydrogen) atoms. The number of anilines is 2. The van der Waals surface area contributed by atoms with Crippen molar-refractivity contribution in [3.05, 3.63) is 89.9 Å². The summed E-state index contributed by atoms with van der Waals surface area (Å²) in [5, 5.41) is 22.4. The van der Waals surface area contributed by atoms with Crippen LogP contribution in [-0.4, -0.2) is 63.1 Å². The predicted octanol–water partition coefficient (Wildman–Crippen LogP) is 4.10. The zero-order valence-electron chi connectivity index (χ0n) is 21.4. The predicted molar refractivity (Wildman–Crippen MR) is 141 cm³/mol. The molecule has 1 aliphatic rings. The lowest BCUT2D eigenvalue weighted by molar-refractivity contribution is -0.142. The van der Waals surface area contributed by atoms with Gasteiger partial charge in [0, 0.05) is 31.7 Å². The third-order valence-electron chi connectivity index (χ3n) is 6.46. The molecule has 0 radical (unpaired) electrons. The van der Waals surface area contributed by atoms with Crippen molar-refractivity contribution in [3.8, 4) is 17.2 Å². The highest BCUT2D eigenvalue weighted by molar-refractivity contribution is 6.03. The van der Waals surface area contributed by atoms with Gasteiger partial charge in [-0.1, -0.05) is 30.3 Å².